The average Bonchev–Trinajstić information content (AvgIpc) is 2.89. The first-order valence-electron chi connectivity index (χ1n) is 7.60. The Morgan fingerprint density at radius 3 is 2.60 bits per heavy atom. The van der Waals surface area contributed by atoms with Crippen molar-refractivity contribution in [3.63, 3.8) is 0 Å². The van der Waals surface area contributed by atoms with Crippen LogP contribution in [0, 0.1) is 11.8 Å². The number of nitrogens with zero attached hydrogens (tertiary/aromatic N) is 2. The van der Waals surface area contributed by atoms with E-state index in [-0.39, 0.29) is 11.6 Å². The van der Waals surface area contributed by atoms with E-state index in [9.17, 15) is 0 Å². The molecule has 2 N–H and O–H groups in total. The largest absolute Gasteiger partial charge is 0.370 e. The molecule has 0 saturated heterocycles. The van der Waals surface area contributed by atoms with Crippen molar-refractivity contribution in [2.45, 2.75) is 64.5 Å². The Hall–Kier alpha value is -0.940. The zero-order valence-electron chi connectivity index (χ0n) is 13.1. The fourth-order valence-corrected chi connectivity index (χ4v) is 2.71. The maximum atomic E-state index is 6.06. The fourth-order valence-electron chi connectivity index (χ4n) is 2.71. The summed E-state index contributed by atoms with van der Waals surface area (Å²) in [7, 11) is 1.74. The van der Waals surface area contributed by atoms with Gasteiger partial charge in [-0.15, -0.1) is 0 Å². The van der Waals surface area contributed by atoms with Crippen LogP contribution in [-0.4, -0.2) is 23.3 Å². The van der Waals surface area contributed by atoms with Gasteiger partial charge >= 0.3 is 0 Å². The highest BCUT2D eigenvalue weighted by atomic mass is 16.5. The molecule has 1 aromatic rings. The lowest BCUT2D eigenvalue weighted by Crippen LogP contribution is -2.34. The molecule has 0 radical (unpaired) electrons. The molecule has 5 heteroatoms. The molecule has 1 heterocycles. The van der Waals surface area contributed by atoms with Crippen LogP contribution in [0.5, 0.6) is 0 Å². The molecule has 1 unspecified atom stereocenters. The fraction of sp³-hybridized carbons (Fsp3) is 0.867. The smallest absolute Gasteiger partial charge is 0.228 e. The minimum absolute atomic E-state index is 0.0492. The first kappa shape index (κ1) is 15.4. The molecule has 0 amide bonds. The predicted octanol–water partition coefficient (Wildman–Crippen LogP) is 2.65. The summed E-state index contributed by atoms with van der Waals surface area (Å²) in [5.41, 5.74) is 5.70. The third-order valence-corrected chi connectivity index (χ3v) is 4.61. The third-order valence-electron chi connectivity index (χ3n) is 4.61. The van der Waals surface area contributed by atoms with Gasteiger partial charge in [0.2, 0.25) is 11.7 Å². The zero-order valence-corrected chi connectivity index (χ0v) is 13.1. The van der Waals surface area contributed by atoms with Gasteiger partial charge in [0, 0.05) is 19.6 Å². The van der Waals surface area contributed by atoms with E-state index in [1.54, 1.807) is 7.11 Å². The Morgan fingerprint density at radius 2 is 2.05 bits per heavy atom. The summed E-state index contributed by atoms with van der Waals surface area (Å²) in [5.74, 6) is 2.46. The van der Waals surface area contributed by atoms with E-state index >= 15 is 0 Å². The standard InChI is InChI=1S/C15H27N3O2/c1-10(2)12(16)9-13-17-14(18-20-13)15(19-4)7-5-11(3)6-8-15/h10-12H,5-9,16H2,1-4H3. The van der Waals surface area contributed by atoms with Gasteiger partial charge in [-0.2, -0.15) is 4.98 Å². The molecule has 5 nitrogen and oxygen atoms in total. The van der Waals surface area contributed by atoms with Crippen molar-refractivity contribution in [2.75, 3.05) is 7.11 Å². The number of nitrogens with two attached hydrogens (primary N) is 1. The van der Waals surface area contributed by atoms with Crippen LogP contribution in [0.4, 0.5) is 0 Å². The number of hydrogen-bond donors (Lipinski definition) is 1. The SMILES string of the molecule is COC1(c2noc(CC(N)C(C)C)n2)CCC(C)CC1. The maximum absolute atomic E-state index is 6.06. The highest BCUT2D eigenvalue weighted by Gasteiger charge is 2.40. The number of methoxy groups -OCH3 is 1. The summed E-state index contributed by atoms with van der Waals surface area (Å²) in [6.45, 7) is 6.48. The van der Waals surface area contributed by atoms with E-state index in [1.165, 1.54) is 0 Å². The molecule has 0 spiro atoms. The molecule has 1 aliphatic rings. The molecule has 0 aromatic carbocycles. The quantitative estimate of drug-likeness (QED) is 0.898. The van der Waals surface area contributed by atoms with Crippen LogP contribution in [0.25, 0.3) is 0 Å². The lowest BCUT2D eigenvalue weighted by molar-refractivity contribution is -0.0609. The molecule has 0 aliphatic heterocycles. The highest BCUT2D eigenvalue weighted by molar-refractivity contribution is 5.04. The first-order chi connectivity index (χ1) is 9.47. The van der Waals surface area contributed by atoms with Gasteiger partial charge in [0.1, 0.15) is 5.60 Å². The van der Waals surface area contributed by atoms with Crippen molar-refractivity contribution in [3.8, 4) is 0 Å². The van der Waals surface area contributed by atoms with Crippen LogP contribution < -0.4 is 5.73 Å². The summed E-state index contributed by atoms with van der Waals surface area (Å²) in [6, 6.07) is 0.0492. The summed E-state index contributed by atoms with van der Waals surface area (Å²) >= 11 is 0. The molecular weight excluding hydrogens is 254 g/mol. The molecule has 1 saturated carbocycles. The molecule has 1 fully saturated rings. The van der Waals surface area contributed by atoms with Gasteiger partial charge in [0.15, 0.2) is 0 Å². The maximum Gasteiger partial charge on any atom is 0.228 e. The zero-order chi connectivity index (χ0) is 14.8. The molecule has 1 atom stereocenters. The van der Waals surface area contributed by atoms with Gasteiger partial charge in [-0.05, 0) is 37.5 Å². The predicted molar refractivity (Wildman–Crippen MR) is 77.1 cm³/mol. The second-order valence-electron chi connectivity index (χ2n) is 6.50. The van der Waals surface area contributed by atoms with E-state index < -0.39 is 0 Å². The van der Waals surface area contributed by atoms with E-state index in [2.05, 4.69) is 30.9 Å². The Morgan fingerprint density at radius 1 is 1.40 bits per heavy atom. The Balaban J connectivity index is 2.10. The van der Waals surface area contributed by atoms with E-state index in [1.807, 2.05) is 0 Å². The Labute approximate surface area is 121 Å². The topological polar surface area (TPSA) is 74.2 Å². The van der Waals surface area contributed by atoms with Crippen LogP contribution in [0.1, 0.15) is 58.2 Å². The molecule has 114 valence electrons. The van der Waals surface area contributed by atoms with Crippen molar-refractivity contribution >= 4 is 0 Å². The summed E-state index contributed by atoms with van der Waals surface area (Å²) in [5, 5.41) is 4.15. The third kappa shape index (κ3) is 3.20. The van der Waals surface area contributed by atoms with Crippen molar-refractivity contribution in [1.29, 1.82) is 0 Å². The number of rotatable bonds is 5. The van der Waals surface area contributed by atoms with Gasteiger partial charge < -0.3 is 15.0 Å². The van der Waals surface area contributed by atoms with E-state index in [0.29, 0.717) is 24.1 Å². The van der Waals surface area contributed by atoms with Crippen molar-refractivity contribution in [3.05, 3.63) is 11.7 Å². The molecular formula is C15H27N3O2. The summed E-state index contributed by atoms with van der Waals surface area (Å²) in [6.07, 6.45) is 4.83. The van der Waals surface area contributed by atoms with Crippen LogP contribution in [-0.2, 0) is 16.8 Å². The summed E-state index contributed by atoms with van der Waals surface area (Å²) < 4.78 is 11.1. The van der Waals surface area contributed by atoms with Gasteiger partial charge in [-0.3, -0.25) is 0 Å². The lowest BCUT2D eigenvalue weighted by atomic mass is 9.79. The van der Waals surface area contributed by atoms with Crippen LogP contribution >= 0.6 is 0 Å². The first-order valence-corrected chi connectivity index (χ1v) is 7.60. The van der Waals surface area contributed by atoms with Crippen LogP contribution in [0.15, 0.2) is 4.52 Å². The van der Waals surface area contributed by atoms with E-state index in [4.69, 9.17) is 15.0 Å². The van der Waals surface area contributed by atoms with Gasteiger partial charge in [0.05, 0.1) is 0 Å². The lowest BCUT2D eigenvalue weighted by Gasteiger charge is -2.35. The van der Waals surface area contributed by atoms with Gasteiger partial charge in [0.25, 0.3) is 0 Å². The van der Waals surface area contributed by atoms with Crippen molar-refractivity contribution < 1.29 is 9.26 Å². The monoisotopic (exact) mass is 281 g/mol. The number of hydrogen-bond acceptors (Lipinski definition) is 5. The Kier molecular flexibility index (Phi) is 4.81. The highest BCUT2D eigenvalue weighted by Crippen LogP contribution is 2.40. The second kappa shape index (κ2) is 6.22. The summed E-state index contributed by atoms with van der Waals surface area (Å²) in [4.78, 5) is 4.54. The molecule has 0 bridgehead atoms. The minimum atomic E-state index is -0.365. The minimum Gasteiger partial charge on any atom is -0.370 e. The Bertz CT molecular complexity index is 423. The van der Waals surface area contributed by atoms with Crippen LogP contribution in [0.3, 0.4) is 0 Å². The molecule has 1 aliphatic carbocycles. The van der Waals surface area contributed by atoms with E-state index in [0.717, 1.165) is 31.6 Å². The second-order valence-corrected chi connectivity index (χ2v) is 6.50. The number of aromatic nitrogens is 2. The average molecular weight is 281 g/mol. The van der Waals surface area contributed by atoms with Crippen molar-refractivity contribution in [1.82, 2.24) is 10.1 Å². The van der Waals surface area contributed by atoms with Crippen molar-refractivity contribution in [2.24, 2.45) is 17.6 Å². The normalized spacial score (nSPS) is 28.8. The molecule has 2 rings (SSSR count). The van der Waals surface area contributed by atoms with Gasteiger partial charge in [-0.1, -0.05) is 25.9 Å². The number of ether oxygens (including phenoxy) is 1. The van der Waals surface area contributed by atoms with Gasteiger partial charge in [-0.25, -0.2) is 0 Å². The van der Waals surface area contributed by atoms with Crippen LogP contribution in [0.2, 0.25) is 0 Å². The molecule has 20 heavy (non-hydrogen) atoms. The molecule has 1 aromatic heterocycles.